The number of halogens is 2. The number of H-pyrrole nitrogens is 1. The molecule has 33 heavy (non-hydrogen) atoms. The lowest BCUT2D eigenvalue weighted by Gasteiger charge is -2.08. The van der Waals surface area contributed by atoms with Crippen molar-refractivity contribution in [3.8, 4) is 22.5 Å². The number of carbonyl (C=O) groups is 1. The lowest BCUT2D eigenvalue weighted by Crippen LogP contribution is -2.22. The second-order valence-electron chi connectivity index (χ2n) is 7.66. The van der Waals surface area contributed by atoms with Gasteiger partial charge in [0, 0.05) is 12.1 Å². The van der Waals surface area contributed by atoms with E-state index in [2.05, 4.69) is 39.6 Å². The summed E-state index contributed by atoms with van der Waals surface area (Å²) in [6, 6.07) is 29.0. The van der Waals surface area contributed by atoms with E-state index in [-0.39, 0.29) is 5.91 Å². The lowest BCUT2D eigenvalue weighted by molar-refractivity contribution is 0.0951. The fourth-order valence-corrected chi connectivity index (χ4v) is 4.35. The molecule has 0 atom stereocenters. The van der Waals surface area contributed by atoms with Gasteiger partial charge in [-0.3, -0.25) is 4.79 Å². The van der Waals surface area contributed by atoms with Crippen LogP contribution in [0.25, 0.3) is 33.5 Å². The van der Waals surface area contributed by atoms with Crippen LogP contribution in [0.1, 0.15) is 15.9 Å². The van der Waals surface area contributed by atoms with Crippen molar-refractivity contribution in [2.75, 3.05) is 0 Å². The molecule has 5 aromatic rings. The number of benzene rings is 4. The predicted molar refractivity (Wildman–Crippen MR) is 135 cm³/mol. The molecule has 0 aliphatic heterocycles. The molecular formula is C27H19Cl2N3O. The van der Waals surface area contributed by atoms with Crippen molar-refractivity contribution in [2.24, 2.45) is 0 Å². The first-order valence-corrected chi connectivity index (χ1v) is 11.2. The number of rotatable bonds is 5. The van der Waals surface area contributed by atoms with E-state index in [0.29, 0.717) is 33.5 Å². The largest absolute Gasteiger partial charge is 0.348 e. The highest BCUT2D eigenvalue weighted by Crippen LogP contribution is 2.34. The first kappa shape index (κ1) is 21.3. The molecule has 0 bridgehead atoms. The number of imidazole rings is 1. The van der Waals surface area contributed by atoms with Gasteiger partial charge < -0.3 is 10.3 Å². The van der Waals surface area contributed by atoms with Crippen molar-refractivity contribution in [3.05, 3.63) is 112 Å². The first-order chi connectivity index (χ1) is 16.1. The van der Waals surface area contributed by atoms with Gasteiger partial charge in [0.1, 0.15) is 5.82 Å². The maximum absolute atomic E-state index is 12.8. The van der Waals surface area contributed by atoms with Crippen molar-refractivity contribution in [1.29, 1.82) is 0 Å². The van der Waals surface area contributed by atoms with Gasteiger partial charge >= 0.3 is 0 Å². The molecule has 1 aromatic heterocycles. The number of nitrogens with one attached hydrogen (secondary N) is 2. The van der Waals surface area contributed by atoms with E-state index < -0.39 is 0 Å². The molecule has 4 nitrogen and oxygen atoms in total. The van der Waals surface area contributed by atoms with Gasteiger partial charge in [0.25, 0.3) is 5.91 Å². The molecule has 2 N–H and O–H groups in total. The van der Waals surface area contributed by atoms with Gasteiger partial charge in [-0.25, -0.2) is 4.98 Å². The second-order valence-corrected chi connectivity index (χ2v) is 8.48. The van der Waals surface area contributed by atoms with Crippen LogP contribution in [0.15, 0.2) is 91.0 Å². The SMILES string of the molecule is O=C(NCc1cccc(-c2ccccc2)c1)c1ccc2nc(-c3c(Cl)cccc3Cl)[nH]c2c1. The zero-order valence-corrected chi connectivity index (χ0v) is 19.0. The Balaban J connectivity index is 1.34. The monoisotopic (exact) mass is 471 g/mol. The highest BCUT2D eigenvalue weighted by molar-refractivity contribution is 6.39. The quantitative estimate of drug-likeness (QED) is 0.286. The third-order valence-electron chi connectivity index (χ3n) is 5.43. The van der Waals surface area contributed by atoms with Crippen LogP contribution in [-0.2, 0) is 6.54 Å². The van der Waals surface area contributed by atoms with Crippen LogP contribution < -0.4 is 5.32 Å². The molecule has 1 heterocycles. The van der Waals surface area contributed by atoms with E-state index in [1.807, 2.05) is 36.4 Å². The van der Waals surface area contributed by atoms with Crippen LogP contribution in [0.5, 0.6) is 0 Å². The van der Waals surface area contributed by atoms with Crippen LogP contribution in [-0.4, -0.2) is 15.9 Å². The Kier molecular flexibility index (Phi) is 5.86. The summed E-state index contributed by atoms with van der Waals surface area (Å²) in [6.07, 6.45) is 0. The second kappa shape index (κ2) is 9.10. The summed E-state index contributed by atoms with van der Waals surface area (Å²) in [5.41, 5.74) is 5.94. The number of nitrogens with zero attached hydrogens (tertiary/aromatic N) is 1. The predicted octanol–water partition coefficient (Wildman–Crippen LogP) is 7.13. The molecular weight excluding hydrogens is 453 g/mol. The van der Waals surface area contributed by atoms with Crippen molar-refractivity contribution in [2.45, 2.75) is 6.54 Å². The van der Waals surface area contributed by atoms with Crippen molar-refractivity contribution >= 4 is 40.1 Å². The molecule has 1 amide bonds. The van der Waals surface area contributed by atoms with Gasteiger partial charge in [-0.1, -0.05) is 77.8 Å². The number of fused-ring (bicyclic) bond motifs is 1. The van der Waals surface area contributed by atoms with Gasteiger partial charge in [0.15, 0.2) is 0 Å². The third-order valence-corrected chi connectivity index (χ3v) is 6.06. The van der Waals surface area contributed by atoms with Crippen molar-refractivity contribution in [3.63, 3.8) is 0 Å². The number of aromatic nitrogens is 2. The summed E-state index contributed by atoms with van der Waals surface area (Å²) >= 11 is 12.6. The summed E-state index contributed by atoms with van der Waals surface area (Å²) in [6.45, 7) is 0.432. The molecule has 0 radical (unpaired) electrons. The topological polar surface area (TPSA) is 57.8 Å². The van der Waals surface area contributed by atoms with Crippen LogP contribution >= 0.6 is 23.2 Å². The maximum Gasteiger partial charge on any atom is 0.251 e. The van der Waals surface area contributed by atoms with Crippen LogP contribution in [0.2, 0.25) is 10.0 Å². The van der Waals surface area contributed by atoms with Crippen molar-refractivity contribution in [1.82, 2.24) is 15.3 Å². The Hall–Kier alpha value is -3.60. The molecule has 0 saturated carbocycles. The number of hydrogen-bond donors (Lipinski definition) is 2. The van der Waals surface area contributed by atoms with Crippen LogP contribution in [0, 0.1) is 0 Å². The van der Waals surface area contributed by atoms with Gasteiger partial charge in [-0.2, -0.15) is 0 Å². The lowest BCUT2D eigenvalue weighted by atomic mass is 10.0. The molecule has 0 unspecified atom stereocenters. The van der Waals surface area contributed by atoms with Crippen molar-refractivity contribution < 1.29 is 4.79 Å². The smallest absolute Gasteiger partial charge is 0.251 e. The van der Waals surface area contributed by atoms with E-state index in [4.69, 9.17) is 23.2 Å². The number of carbonyl (C=O) groups excluding carboxylic acids is 1. The highest BCUT2D eigenvalue weighted by Gasteiger charge is 2.14. The Labute approximate surface area is 201 Å². The van der Waals surface area contributed by atoms with E-state index in [9.17, 15) is 4.79 Å². The molecule has 6 heteroatoms. The molecule has 0 saturated heterocycles. The van der Waals surface area contributed by atoms with E-state index in [1.54, 1.807) is 30.3 Å². The molecule has 4 aromatic carbocycles. The average molecular weight is 472 g/mol. The zero-order valence-electron chi connectivity index (χ0n) is 17.5. The summed E-state index contributed by atoms with van der Waals surface area (Å²) in [5.74, 6) is 0.407. The van der Waals surface area contributed by atoms with E-state index >= 15 is 0 Å². The molecule has 0 fully saturated rings. The molecule has 0 aliphatic carbocycles. The number of hydrogen-bond acceptors (Lipinski definition) is 2. The molecule has 5 rings (SSSR count). The summed E-state index contributed by atoms with van der Waals surface area (Å²) in [5, 5.41) is 4.02. The molecule has 162 valence electrons. The standard InChI is InChI=1S/C27H19Cl2N3O/c28-21-10-5-11-22(29)25(21)26-31-23-13-12-20(15-24(23)32-26)27(33)30-16-17-6-4-9-19(14-17)18-7-2-1-3-8-18/h1-15H,16H2,(H,30,33)(H,31,32). The fourth-order valence-electron chi connectivity index (χ4n) is 3.77. The minimum atomic E-state index is -0.158. The Bertz CT molecular complexity index is 1440. The van der Waals surface area contributed by atoms with E-state index in [1.165, 1.54) is 0 Å². The summed E-state index contributed by atoms with van der Waals surface area (Å²) in [7, 11) is 0. The number of aromatic amines is 1. The maximum atomic E-state index is 12.8. The minimum absolute atomic E-state index is 0.158. The normalized spacial score (nSPS) is 11.0. The van der Waals surface area contributed by atoms with Gasteiger partial charge in [-0.15, -0.1) is 0 Å². The van der Waals surface area contributed by atoms with E-state index in [0.717, 1.165) is 27.7 Å². The fraction of sp³-hybridized carbons (Fsp3) is 0.0370. The Morgan fingerprint density at radius 1 is 0.818 bits per heavy atom. The summed E-state index contributed by atoms with van der Waals surface area (Å²) in [4.78, 5) is 20.6. The van der Waals surface area contributed by atoms with Crippen LogP contribution in [0.3, 0.4) is 0 Å². The Morgan fingerprint density at radius 2 is 1.55 bits per heavy atom. The van der Waals surface area contributed by atoms with Gasteiger partial charge in [0.05, 0.1) is 26.6 Å². The molecule has 0 aliphatic rings. The molecule has 0 spiro atoms. The zero-order chi connectivity index (χ0) is 22.8. The van der Waals surface area contributed by atoms with Gasteiger partial charge in [-0.05, 0) is 53.1 Å². The number of amides is 1. The highest BCUT2D eigenvalue weighted by atomic mass is 35.5. The Morgan fingerprint density at radius 3 is 2.33 bits per heavy atom. The minimum Gasteiger partial charge on any atom is -0.348 e. The van der Waals surface area contributed by atoms with Gasteiger partial charge in [0.2, 0.25) is 0 Å². The summed E-state index contributed by atoms with van der Waals surface area (Å²) < 4.78 is 0. The first-order valence-electron chi connectivity index (χ1n) is 10.5. The van der Waals surface area contributed by atoms with Crippen LogP contribution in [0.4, 0.5) is 0 Å². The average Bonchev–Trinajstić information content (AvgIpc) is 3.26. The third kappa shape index (κ3) is 4.49.